The van der Waals surface area contributed by atoms with Gasteiger partial charge in [-0.05, 0) is 30.3 Å². The third-order valence-electron chi connectivity index (χ3n) is 2.62. The van der Waals surface area contributed by atoms with E-state index in [0.717, 1.165) is 11.3 Å². The molecular formula is C13H13NO4S. The highest BCUT2D eigenvalue weighted by Crippen LogP contribution is 2.22. The lowest BCUT2D eigenvalue weighted by molar-refractivity contribution is 0.282. The molecule has 0 amide bonds. The Balaban J connectivity index is 2.25. The molecule has 0 saturated heterocycles. The second kappa shape index (κ2) is 5.40. The van der Waals surface area contributed by atoms with Crippen LogP contribution < -0.4 is 5.32 Å². The maximum atomic E-state index is 10.9. The summed E-state index contributed by atoms with van der Waals surface area (Å²) in [5.41, 5.74) is 2.14. The second-order valence-corrected chi connectivity index (χ2v) is 5.36. The van der Waals surface area contributed by atoms with Crippen molar-refractivity contribution >= 4 is 21.5 Å². The van der Waals surface area contributed by atoms with Gasteiger partial charge < -0.3 is 10.4 Å². The average molecular weight is 279 g/mol. The monoisotopic (exact) mass is 279 g/mol. The van der Waals surface area contributed by atoms with Gasteiger partial charge in [-0.2, -0.15) is 8.42 Å². The first-order valence-electron chi connectivity index (χ1n) is 5.54. The molecule has 0 aliphatic carbocycles. The molecule has 0 bridgehead atoms. The zero-order chi connectivity index (χ0) is 13.9. The van der Waals surface area contributed by atoms with Crippen LogP contribution in [0.2, 0.25) is 0 Å². The summed E-state index contributed by atoms with van der Waals surface area (Å²) in [6.45, 7) is -0.0910. The average Bonchev–Trinajstić information content (AvgIpc) is 2.39. The normalized spacial score (nSPS) is 11.3. The molecule has 3 N–H and O–H groups in total. The van der Waals surface area contributed by atoms with Crippen LogP contribution in [0.25, 0.3) is 0 Å². The Morgan fingerprint density at radius 2 is 1.63 bits per heavy atom. The molecule has 0 fully saturated rings. The standard InChI is InChI=1S/C13H13NO4S/c15-9-10-3-1-2-4-13(10)14-11-5-7-12(8-6-11)19(16,17)18/h1-8,14-15H,9H2,(H,16,17,18). The summed E-state index contributed by atoms with van der Waals surface area (Å²) in [7, 11) is -4.17. The van der Waals surface area contributed by atoms with Crippen LogP contribution in [0.1, 0.15) is 5.56 Å². The fraction of sp³-hybridized carbons (Fsp3) is 0.0769. The highest BCUT2D eigenvalue weighted by Gasteiger charge is 2.08. The summed E-state index contributed by atoms with van der Waals surface area (Å²) in [5, 5.41) is 12.3. The van der Waals surface area contributed by atoms with E-state index in [1.165, 1.54) is 24.3 Å². The molecule has 0 spiro atoms. The molecule has 0 radical (unpaired) electrons. The van der Waals surface area contributed by atoms with Gasteiger partial charge in [-0.1, -0.05) is 18.2 Å². The van der Waals surface area contributed by atoms with Crippen molar-refractivity contribution in [2.45, 2.75) is 11.5 Å². The number of anilines is 2. The minimum absolute atomic E-state index is 0.0910. The summed E-state index contributed by atoms with van der Waals surface area (Å²) in [6, 6.07) is 12.9. The van der Waals surface area contributed by atoms with Crippen molar-refractivity contribution in [1.82, 2.24) is 0 Å². The molecule has 0 aromatic heterocycles. The van der Waals surface area contributed by atoms with Crippen molar-refractivity contribution in [3.63, 3.8) is 0 Å². The molecule has 0 saturated carbocycles. The Bertz CT molecular complexity index is 665. The van der Waals surface area contributed by atoms with E-state index in [2.05, 4.69) is 5.32 Å². The van der Waals surface area contributed by atoms with E-state index >= 15 is 0 Å². The van der Waals surface area contributed by atoms with Gasteiger partial charge in [0, 0.05) is 16.9 Å². The summed E-state index contributed by atoms with van der Waals surface area (Å²) >= 11 is 0. The van der Waals surface area contributed by atoms with Crippen molar-refractivity contribution in [3.8, 4) is 0 Å². The third kappa shape index (κ3) is 3.31. The number of benzene rings is 2. The third-order valence-corrected chi connectivity index (χ3v) is 3.49. The Labute approximate surface area is 111 Å². The topological polar surface area (TPSA) is 86.6 Å². The lowest BCUT2D eigenvalue weighted by Crippen LogP contribution is -1.99. The summed E-state index contributed by atoms with van der Waals surface area (Å²) < 4.78 is 30.7. The minimum atomic E-state index is -4.17. The molecule has 0 aliphatic heterocycles. The highest BCUT2D eigenvalue weighted by atomic mass is 32.2. The maximum absolute atomic E-state index is 10.9. The predicted octanol–water partition coefficient (Wildman–Crippen LogP) is 2.17. The van der Waals surface area contributed by atoms with Crippen LogP contribution in [0.15, 0.2) is 53.4 Å². The first-order valence-corrected chi connectivity index (χ1v) is 6.98. The van der Waals surface area contributed by atoms with E-state index in [1.54, 1.807) is 6.07 Å². The van der Waals surface area contributed by atoms with Crippen LogP contribution in [0, 0.1) is 0 Å². The van der Waals surface area contributed by atoms with Crippen LogP contribution in [0.3, 0.4) is 0 Å². The number of aliphatic hydroxyl groups is 1. The fourth-order valence-corrected chi connectivity index (χ4v) is 2.13. The van der Waals surface area contributed by atoms with Crippen molar-refractivity contribution in [3.05, 3.63) is 54.1 Å². The summed E-state index contributed by atoms with van der Waals surface area (Å²) in [4.78, 5) is -0.159. The molecule has 6 heteroatoms. The Morgan fingerprint density at radius 1 is 1.00 bits per heavy atom. The first-order chi connectivity index (χ1) is 9.00. The predicted molar refractivity (Wildman–Crippen MR) is 71.9 cm³/mol. The molecule has 0 unspecified atom stereocenters. The Morgan fingerprint density at radius 3 is 2.21 bits per heavy atom. The van der Waals surface area contributed by atoms with Crippen molar-refractivity contribution in [2.75, 3.05) is 5.32 Å². The van der Waals surface area contributed by atoms with Gasteiger partial charge >= 0.3 is 0 Å². The molecule has 0 atom stereocenters. The number of para-hydroxylation sites is 1. The van der Waals surface area contributed by atoms with Crippen molar-refractivity contribution in [1.29, 1.82) is 0 Å². The van der Waals surface area contributed by atoms with Crippen LogP contribution >= 0.6 is 0 Å². The fourth-order valence-electron chi connectivity index (χ4n) is 1.65. The highest BCUT2D eigenvalue weighted by molar-refractivity contribution is 7.85. The van der Waals surface area contributed by atoms with Crippen LogP contribution in [-0.4, -0.2) is 18.1 Å². The summed E-state index contributed by atoms with van der Waals surface area (Å²) in [6.07, 6.45) is 0. The largest absolute Gasteiger partial charge is 0.392 e. The van der Waals surface area contributed by atoms with Crippen molar-refractivity contribution in [2.24, 2.45) is 0 Å². The number of rotatable bonds is 4. The molecule has 0 heterocycles. The smallest absolute Gasteiger partial charge is 0.294 e. The van der Waals surface area contributed by atoms with E-state index in [0.29, 0.717) is 5.69 Å². The molecule has 0 aliphatic rings. The molecule has 5 nitrogen and oxygen atoms in total. The number of aliphatic hydroxyl groups excluding tert-OH is 1. The lowest BCUT2D eigenvalue weighted by Gasteiger charge is -2.10. The van der Waals surface area contributed by atoms with Crippen molar-refractivity contribution < 1.29 is 18.1 Å². The molecule has 2 aromatic rings. The van der Waals surface area contributed by atoms with Crippen LogP contribution in [0.4, 0.5) is 11.4 Å². The molecular weight excluding hydrogens is 266 g/mol. The van der Waals surface area contributed by atoms with E-state index in [1.807, 2.05) is 18.2 Å². The molecule has 2 aromatic carbocycles. The first kappa shape index (κ1) is 13.5. The summed E-state index contributed by atoms with van der Waals surface area (Å²) in [5.74, 6) is 0. The van der Waals surface area contributed by atoms with E-state index in [-0.39, 0.29) is 11.5 Å². The van der Waals surface area contributed by atoms with Gasteiger partial charge in [-0.3, -0.25) is 4.55 Å². The maximum Gasteiger partial charge on any atom is 0.294 e. The minimum Gasteiger partial charge on any atom is -0.392 e. The van der Waals surface area contributed by atoms with E-state index in [9.17, 15) is 13.5 Å². The van der Waals surface area contributed by atoms with Crippen LogP contribution in [-0.2, 0) is 16.7 Å². The molecule has 100 valence electrons. The van der Waals surface area contributed by atoms with Gasteiger partial charge in [0.25, 0.3) is 10.1 Å². The molecule has 19 heavy (non-hydrogen) atoms. The Kier molecular flexibility index (Phi) is 3.84. The Hall–Kier alpha value is -1.89. The zero-order valence-electron chi connectivity index (χ0n) is 9.95. The number of hydrogen-bond acceptors (Lipinski definition) is 4. The molecule has 2 rings (SSSR count). The van der Waals surface area contributed by atoms with Gasteiger partial charge in [-0.25, -0.2) is 0 Å². The quantitative estimate of drug-likeness (QED) is 0.747. The van der Waals surface area contributed by atoms with E-state index < -0.39 is 10.1 Å². The van der Waals surface area contributed by atoms with Crippen LogP contribution in [0.5, 0.6) is 0 Å². The van der Waals surface area contributed by atoms with Gasteiger partial charge in [0.2, 0.25) is 0 Å². The van der Waals surface area contributed by atoms with E-state index in [4.69, 9.17) is 4.55 Å². The van der Waals surface area contributed by atoms with Gasteiger partial charge in [0.15, 0.2) is 0 Å². The second-order valence-electron chi connectivity index (χ2n) is 3.94. The van der Waals surface area contributed by atoms with Gasteiger partial charge in [0.1, 0.15) is 0 Å². The van der Waals surface area contributed by atoms with Gasteiger partial charge in [0.05, 0.1) is 11.5 Å². The number of hydrogen-bond donors (Lipinski definition) is 3. The SMILES string of the molecule is O=S(=O)(O)c1ccc(Nc2ccccc2CO)cc1. The number of nitrogens with one attached hydrogen (secondary N) is 1. The zero-order valence-corrected chi connectivity index (χ0v) is 10.8. The van der Waals surface area contributed by atoms with Gasteiger partial charge in [-0.15, -0.1) is 0 Å². The lowest BCUT2D eigenvalue weighted by atomic mass is 10.2.